The summed E-state index contributed by atoms with van der Waals surface area (Å²) >= 11 is 0. The van der Waals surface area contributed by atoms with E-state index >= 15 is 0 Å². The molecule has 0 aliphatic carbocycles. The van der Waals surface area contributed by atoms with Crippen LogP contribution in [0.3, 0.4) is 0 Å². The fourth-order valence-electron chi connectivity index (χ4n) is 2.20. The number of benzene rings is 1. The molecule has 0 unspecified atom stereocenters. The van der Waals surface area contributed by atoms with Gasteiger partial charge in [0.15, 0.2) is 5.82 Å². The number of aromatic nitrogens is 2. The molecule has 0 fully saturated rings. The normalized spacial score (nSPS) is 10.5. The van der Waals surface area contributed by atoms with Crippen molar-refractivity contribution in [1.82, 2.24) is 9.97 Å². The maximum atomic E-state index is 4.74. The number of anilines is 2. The van der Waals surface area contributed by atoms with Gasteiger partial charge in [-0.2, -0.15) is 0 Å². The number of hydrogen-bond acceptors (Lipinski definition) is 4. The molecule has 0 aliphatic rings. The molecule has 0 saturated carbocycles. The van der Waals surface area contributed by atoms with Crippen LogP contribution in [0.15, 0.2) is 36.4 Å². The quantitative estimate of drug-likeness (QED) is 0.793. The molecule has 0 saturated heterocycles. The highest BCUT2D eigenvalue weighted by molar-refractivity contribution is 5.61. The summed E-state index contributed by atoms with van der Waals surface area (Å²) in [4.78, 5) is 11.6. The molecule has 0 aliphatic heterocycles. The highest BCUT2D eigenvalue weighted by Gasteiger charge is 2.09. The third-order valence-corrected chi connectivity index (χ3v) is 3.54. The Morgan fingerprint density at radius 3 is 2.50 bits per heavy atom. The number of unbranched alkanes of at least 4 members (excludes halogenated alkanes) is 1. The van der Waals surface area contributed by atoms with Gasteiger partial charge in [-0.25, -0.2) is 9.97 Å². The summed E-state index contributed by atoms with van der Waals surface area (Å²) in [5.74, 6) is 2.65. The zero-order valence-corrected chi connectivity index (χ0v) is 13.8. The van der Waals surface area contributed by atoms with Crippen molar-refractivity contribution in [3.63, 3.8) is 0 Å². The number of nitrogens with zero attached hydrogens (tertiary/aromatic N) is 3. The third kappa shape index (κ3) is 4.45. The summed E-state index contributed by atoms with van der Waals surface area (Å²) < 4.78 is 0. The minimum atomic E-state index is 0.778. The van der Waals surface area contributed by atoms with Crippen LogP contribution in [0.4, 0.5) is 11.6 Å². The predicted molar refractivity (Wildman–Crippen MR) is 94.4 cm³/mol. The van der Waals surface area contributed by atoms with Crippen molar-refractivity contribution in [3.05, 3.63) is 36.4 Å². The Balaban J connectivity index is 2.32. The second kappa shape index (κ2) is 8.37. The summed E-state index contributed by atoms with van der Waals surface area (Å²) in [7, 11) is 2.09. The van der Waals surface area contributed by atoms with Gasteiger partial charge in [0.25, 0.3) is 0 Å². The second-order valence-electron chi connectivity index (χ2n) is 5.50. The van der Waals surface area contributed by atoms with Gasteiger partial charge in [0.05, 0.1) is 0 Å². The lowest BCUT2D eigenvalue weighted by Crippen LogP contribution is -2.20. The van der Waals surface area contributed by atoms with Crippen molar-refractivity contribution in [2.24, 2.45) is 0 Å². The molecule has 1 aromatic heterocycles. The molecule has 4 heteroatoms. The van der Waals surface area contributed by atoms with Gasteiger partial charge in [-0.05, 0) is 12.8 Å². The largest absolute Gasteiger partial charge is 0.370 e. The van der Waals surface area contributed by atoms with E-state index in [2.05, 4.69) is 48.2 Å². The Kier molecular flexibility index (Phi) is 6.19. The minimum absolute atomic E-state index is 0.778. The lowest BCUT2D eigenvalue weighted by Gasteiger charge is -2.19. The second-order valence-corrected chi connectivity index (χ2v) is 5.50. The number of nitrogens with one attached hydrogen (secondary N) is 1. The van der Waals surface area contributed by atoms with Gasteiger partial charge in [0.2, 0.25) is 0 Å². The Bertz CT molecular complexity index is 569. The van der Waals surface area contributed by atoms with E-state index in [0.29, 0.717) is 0 Å². The first-order valence-electron chi connectivity index (χ1n) is 8.14. The van der Waals surface area contributed by atoms with Gasteiger partial charge in [0.1, 0.15) is 11.6 Å². The Hall–Kier alpha value is -2.10. The maximum Gasteiger partial charge on any atom is 0.163 e. The molecule has 0 atom stereocenters. The van der Waals surface area contributed by atoms with Gasteiger partial charge in [0, 0.05) is 31.8 Å². The van der Waals surface area contributed by atoms with E-state index in [-0.39, 0.29) is 0 Å². The molecule has 2 aromatic rings. The molecule has 0 amide bonds. The molecular formula is C18H26N4. The monoisotopic (exact) mass is 298 g/mol. The van der Waals surface area contributed by atoms with Crippen LogP contribution in [0.1, 0.15) is 33.1 Å². The molecule has 1 aromatic carbocycles. The Morgan fingerprint density at radius 2 is 1.82 bits per heavy atom. The first-order valence-corrected chi connectivity index (χ1v) is 8.14. The first-order chi connectivity index (χ1) is 10.7. The fourth-order valence-corrected chi connectivity index (χ4v) is 2.20. The molecule has 0 radical (unpaired) electrons. The fraction of sp³-hybridized carbons (Fsp3) is 0.444. The SMILES string of the molecule is CCCCN(C)c1cc(NCCC)nc(-c2ccccc2)n1. The van der Waals surface area contributed by atoms with Crippen LogP contribution >= 0.6 is 0 Å². The smallest absolute Gasteiger partial charge is 0.163 e. The van der Waals surface area contributed by atoms with Crippen LogP contribution < -0.4 is 10.2 Å². The van der Waals surface area contributed by atoms with Crippen molar-refractivity contribution in [2.75, 3.05) is 30.4 Å². The van der Waals surface area contributed by atoms with Crippen molar-refractivity contribution < 1.29 is 0 Å². The van der Waals surface area contributed by atoms with Crippen LogP contribution in [0.5, 0.6) is 0 Å². The van der Waals surface area contributed by atoms with Gasteiger partial charge in [-0.3, -0.25) is 0 Å². The number of hydrogen-bond donors (Lipinski definition) is 1. The minimum Gasteiger partial charge on any atom is -0.370 e. The van der Waals surface area contributed by atoms with E-state index in [4.69, 9.17) is 4.98 Å². The van der Waals surface area contributed by atoms with E-state index in [0.717, 1.165) is 42.5 Å². The summed E-state index contributed by atoms with van der Waals surface area (Å²) in [6.45, 7) is 6.29. The first kappa shape index (κ1) is 16.3. The zero-order chi connectivity index (χ0) is 15.8. The summed E-state index contributed by atoms with van der Waals surface area (Å²) in [5, 5.41) is 3.38. The van der Waals surface area contributed by atoms with Gasteiger partial charge in [-0.1, -0.05) is 50.6 Å². The molecule has 0 spiro atoms. The molecule has 1 N–H and O–H groups in total. The Morgan fingerprint density at radius 1 is 1.05 bits per heavy atom. The topological polar surface area (TPSA) is 41.0 Å². The van der Waals surface area contributed by atoms with Crippen LogP contribution in [-0.2, 0) is 0 Å². The van der Waals surface area contributed by atoms with Gasteiger partial charge < -0.3 is 10.2 Å². The van der Waals surface area contributed by atoms with Gasteiger partial charge >= 0.3 is 0 Å². The summed E-state index contributed by atoms with van der Waals surface area (Å²) in [6, 6.07) is 12.2. The van der Waals surface area contributed by atoms with Crippen LogP contribution in [-0.4, -0.2) is 30.1 Å². The molecule has 2 rings (SSSR count). The standard InChI is InChI=1S/C18H26N4/c1-4-6-13-22(3)17-14-16(19-12-5-2)20-18(21-17)15-10-8-7-9-11-15/h7-11,14H,4-6,12-13H2,1-3H3,(H,19,20,21). The molecule has 118 valence electrons. The zero-order valence-electron chi connectivity index (χ0n) is 13.8. The summed E-state index contributed by atoms with van der Waals surface area (Å²) in [5.41, 5.74) is 1.05. The maximum absolute atomic E-state index is 4.74. The van der Waals surface area contributed by atoms with E-state index < -0.39 is 0 Å². The highest BCUT2D eigenvalue weighted by Crippen LogP contribution is 2.22. The summed E-state index contributed by atoms with van der Waals surface area (Å²) in [6.07, 6.45) is 3.42. The van der Waals surface area contributed by atoms with Crippen molar-refractivity contribution in [3.8, 4) is 11.4 Å². The van der Waals surface area contributed by atoms with E-state index in [9.17, 15) is 0 Å². The van der Waals surface area contributed by atoms with Crippen LogP contribution in [0.2, 0.25) is 0 Å². The highest BCUT2D eigenvalue weighted by atomic mass is 15.2. The third-order valence-electron chi connectivity index (χ3n) is 3.54. The van der Waals surface area contributed by atoms with Gasteiger partial charge in [-0.15, -0.1) is 0 Å². The van der Waals surface area contributed by atoms with Crippen LogP contribution in [0.25, 0.3) is 11.4 Å². The van der Waals surface area contributed by atoms with Crippen molar-refractivity contribution in [2.45, 2.75) is 33.1 Å². The van der Waals surface area contributed by atoms with E-state index in [1.807, 2.05) is 24.3 Å². The lowest BCUT2D eigenvalue weighted by atomic mass is 10.2. The molecule has 22 heavy (non-hydrogen) atoms. The molecule has 4 nitrogen and oxygen atoms in total. The van der Waals surface area contributed by atoms with Crippen LogP contribution in [0, 0.1) is 0 Å². The lowest BCUT2D eigenvalue weighted by molar-refractivity contribution is 0.758. The molecular weight excluding hydrogens is 272 g/mol. The molecule has 1 heterocycles. The van der Waals surface area contributed by atoms with Crippen molar-refractivity contribution >= 4 is 11.6 Å². The average molecular weight is 298 g/mol. The molecule has 0 bridgehead atoms. The van der Waals surface area contributed by atoms with Crippen molar-refractivity contribution in [1.29, 1.82) is 0 Å². The predicted octanol–water partition coefficient (Wildman–Crippen LogP) is 4.20. The Labute approximate surface area is 133 Å². The average Bonchev–Trinajstić information content (AvgIpc) is 2.58. The van der Waals surface area contributed by atoms with E-state index in [1.165, 1.54) is 12.8 Å². The number of rotatable bonds is 8. The van der Waals surface area contributed by atoms with E-state index in [1.54, 1.807) is 0 Å².